The summed E-state index contributed by atoms with van der Waals surface area (Å²) in [6, 6.07) is 7.97. The van der Waals surface area contributed by atoms with Crippen molar-refractivity contribution in [2.45, 2.75) is 45.6 Å². The molecule has 1 aliphatic carbocycles. The molecular formula is C17H25N3O2S. The SMILES string of the molecule is Cc1ccccc1OCC(=O)NNC(=S)N[C@@H]1CCCC[C@@H]1C. The zero-order valence-electron chi connectivity index (χ0n) is 13.7. The standard InChI is InChI=1S/C17H25N3O2S/c1-12-7-3-5-9-14(12)18-17(23)20-19-16(21)11-22-15-10-6-4-8-13(15)2/h4,6,8,10,12,14H,3,5,7,9,11H2,1-2H3,(H,19,21)(H2,18,20,23)/t12-,14+/m0/s1. The molecule has 23 heavy (non-hydrogen) atoms. The van der Waals surface area contributed by atoms with Crippen molar-refractivity contribution in [3.8, 4) is 5.75 Å². The first-order valence-corrected chi connectivity index (χ1v) is 8.51. The van der Waals surface area contributed by atoms with Crippen LogP contribution in [0.5, 0.6) is 5.75 Å². The summed E-state index contributed by atoms with van der Waals surface area (Å²) in [6.45, 7) is 4.12. The van der Waals surface area contributed by atoms with Crippen molar-refractivity contribution in [1.29, 1.82) is 0 Å². The minimum absolute atomic E-state index is 0.0553. The molecule has 3 N–H and O–H groups in total. The number of nitrogens with one attached hydrogen (secondary N) is 3. The predicted octanol–water partition coefficient (Wildman–Crippen LogP) is 2.45. The highest BCUT2D eigenvalue weighted by molar-refractivity contribution is 7.80. The predicted molar refractivity (Wildman–Crippen MR) is 95.1 cm³/mol. The van der Waals surface area contributed by atoms with E-state index >= 15 is 0 Å². The minimum Gasteiger partial charge on any atom is -0.483 e. The van der Waals surface area contributed by atoms with E-state index in [-0.39, 0.29) is 12.5 Å². The van der Waals surface area contributed by atoms with Gasteiger partial charge in [-0.25, -0.2) is 0 Å². The van der Waals surface area contributed by atoms with Crippen LogP contribution >= 0.6 is 12.2 Å². The highest BCUT2D eigenvalue weighted by atomic mass is 32.1. The van der Waals surface area contributed by atoms with Crippen molar-refractivity contribution < 1.29 is 9.53 Å². The number of hydrogen-bond donors (Lipinski definition) is 3. The molecule has 2 rings (SSSR count). The molecular weight excluding hydrogens is 310 g/mol. The number of para-hydroxylation sites is 1. The highest BCUT2D eigenvalue weighted by Gasteiger charge is 2.21. The van der Waals surface area contributed by atoms with Gasteiger partial charge in [-0.2, -0.15) is 0 Å². The molecule has 6 heteroatoms. The number of amides is 1. The topological polar surface area (TPSA) is 62.4 Å². The van der Waals surface area contributed by atoms with Crippen LogP contribution in [0.4, 0.5) is 0 Å². The molecule has 0 heterocycles. The number of carbonyl (C=O) groups excluding carboxylic acids is 1. The first kappa shape index (κ1) is 17.5. The van der Waals surface area contributed by atoms with E-state index in [1.54, 1.807) is 0 Å². The fraction of sp³-hybridized carbons (Fsp3) is 0.529. The summed E-state index contributed by atoms with van der Waals surface area (Å²) >= 11 is 5.23. The van der Waals surface area contributed by atoms with E-state index in [4.69, 9.17) is 17.0 Å². The number of carbonyl (C=O) groups is 1. The Morgan fingerprint density at radius 3 is 2.74 bits per heavy atom. The van der Waals surface area contributed by atoms with Crippen LogP contribution in [0, 0.1) is 12.8 Å². The van der Waals surface area contributed by atoms with Crippen LogP contribution in [0.2, 0.25) is 0 Å². The van der Waals surface area contributed by atoms with Crippen LogP contribution in [-0.2, 0) is 4.79 Å². The molecule has 1 aromatic rings. The van der Waals surface area contributed by atoms with Gasteiger partial charge in [0.2, 0.25) is 0 Å². The lowest BCUT2D eigenvalue weighted by Crippen LogP contribution is -2.52. The Bertz CT molecular complexity index is 550. The van der Waals surface area contributed by atoms with Crippen molar-refractivity contribution in [2.75, 3.05) is 6.61 Å². The normalized spacial score (nSPS) is 20.4. The molecule has 0 aromatic heterocycles. The molecule has 0 spiro atoms. The molecule has 5 nitrogen and oxygen atoms in total. The molecule has 1 aliphatic rings. The molecule has 1 fully saturated rings. The maximum absolute atomic E-state index is 11.8. The minimum atomic E-state index is -0.269. The smallest absolute Gasteiger partial charge is 0.276 e. The third-order valence-electron chi connectivity index (χ3n) is 4.20. The van der Waals surface area contributed by atoms with E-state index in [0.29, 0.717) is 22.8 Å². The van der Waals surface area contributed by atoms with E-state index in [1.165, 1.54) is 19.3 Å². The van der Waals surface area contributed by atoms with Gasteiger partial charge in [-0.15, -0.1) is 0 Å². The average molecular weight is 335 g/mol. The Morgan fingerprint density at radius 2 is 2.00 bits per heavy atom. The molecule has 1 aromatic carbocycles. The number of benzene rings is 1. The van der Waals surface area contributed by atoms with Crippen LogP contribution in [0.3, 0.4) is 0 Å². The van der Waals surface area contributed by atoms with E-state index in [1.807, 2.05) is 31.2 Å². The lowest BCUT2D eigenvalue weighted by atomic mass is 9.86. The first-order valence-electron chi connectivity index (χ1n) is 8.10. The summed E-state index contributed by atoms with van der Waals surface area (Å²) in [7, 11) is 0. The monoisotopic (exact) mass is 335 g/mol. The van der Waals surface area contributed by atoms with Crippen LogP contribution in [0.1, 0.15) is 38.2 Å². The Kier molecular flexibility index (Phi) is 6.65. The fourth-order valence-corrected chi connectivity index (χ4v) is 2.96. The van der Waals surface area contributed by atoms with Gasteiger partial charge in [0.15, 0.2) is 11.7 Å². The summed E-state index contributed by atoms with van der Waals surface area (Å²) in [5, 5.41) is 3.72. The van der Waals surface area contributed by atoms with Crippen molar-refractivity contribution >= 4 is 23.2 Å². The number of rotatable bonds is 4. The quantitative estimate of drug-likeness (QED) is 0.583. The molecule has 126 valence electrons. The maximum atomic E-state index is 11.8. The molecule has 0 unspecified atom stereocenters. The largest absolute Gasteiger partial charge is 0.483 e. The Labute approximate surface area is 143 Å². The van der Waals surface area contributed by atoms with Crippen molar-refractivity contribution in [2.24, 2.45) is 5.92 Å². The molecule has 1 saturated carbocycles. The summed E-state index contributed by atoms with van der Waals surface area (Å²) < 4.78 is 5.48. The molecule has 0 radical (unpaired) electrons. The van der Waals surface area contributed by atoms with Gasteiger partial charge in [-0.05, 0) is 49.5 Å². The zero-order valence-corrected chi connectivity index (χ0v) is 14.5. The maximum Gasteiger partial charge on any atom is 0.276 e. The van der Waals surface area contributed by atoms with Gasteiger partial charge in [-0.3, -0.25) is 15.6 Å². The summed E-state index contributed by atoms with van der Waals surface area (Å²) in [4.78, 5) is 11.8. The third-order valence-corrected chi connectivity index (χ3v) is 4.42. The molecule has 0 bridgehead atoms. The van der Waals surface area contributed by atoms with Crippen LogP contribution in [0.25, 0.3) is 0 Å². The molecule has 0 saturated heterocycles. The number of hydrogen-bond acceptors (Lipinski definition) is 3. The van der Waals surface area contributed by atoms with E-state index in [0.717, 1.165) is 12.0 Å². The molecule has 2 atom stereocenters. The summed E-state index contributed by atoms with van der Waals surface area (Å²) in [6.07, 6.45) is 4.85. The Hall–Kier alpha value is -1.82. The van der Waals surface area contributed by atoms with Crippen molar-refractivity contribution in [3.63, 3.8) is 0 Å². The third kappa shape index (κ3) is 5.71. The van der Waals surface area contributed by atoms with Gasteiger partial charge in [0.1, 0.15) is 5.75 Å². The van der Waals surface area contributed by atoms with Crippen LogP contribution in [0.15, 0.2) is 24.3 Å². The fourth-order valence-electron chi connectivity index (χ4n) is 2.76. The number of aryl methyl sites for hydroxylation is 1. The van der Waals surface area contributed by atoms with Crippen LogP contribution in [-0.4, -0.2) is 23.7 Å². The van der Waals surface area contributed by atoms with Crippen molar-refractivity contribution in [3.05, 3.63) is 29.8 Å². The summed E-state index contributed by atoms with van der Waals surface area (Å²) in [5.41, 5.74) is 6.30. The van der Waals surface area contributed by atoms with Gasteiger partial charge in [0.05, 0.1) is 0 Å². The van der Waals surface area contributed by atoms with Gasteiger partial charge >= 0.3 is 0 Å². The molecule has 1 amide bonds. The lowest BCUT2D eigenvalue weighted by molar-refractivity contribution is -0.123. The van der Waals surface area contributed by atoms with Gasteiger partial charge in [0.25, 0.3) is 5.91 Å². The number of hydrazine groups is 1. The second-order valence-corrected chi connectivity index (χ2v) is 6.48. The van der Waals surface area contributed by atoms with E-state index in [2.05, 4.69) is 23.1 Å². The first-order chi connectivity index (χ1) is 11.1. The van der Waals surface area contributed by atoms with Crippen LogP contribution < -0.4 is 20.9 Å². The van der Waals surface area contributed by atoms with Gasteiger partial charge < -0.3 is 10.1 Å². The van der Waals surface area contributed by atoms with Gasteiger partial charge in [0, 0.05) is 6.04 Å². The second-order valence-electron chi connectivity index (χ2n) is 6.07. The van der Waals surface area contributed by atoms with E-state index < -0.39 is 0 Å². The Balaban J connectivity index is 1.67. The lowest BCUT2D eigenvalue weighted by Gasteiger charge is -2.30. The number of thiocarbonyl (C=S) groups is 1. The highest BCUT2D eigenvalue weighted by Crippen LogP contribution is 2.23. The zero-order chi connectivity index (χ0) is 16.7. The van der Waals surface area contributed by atoms with Gasteiger partial charge in [-0.1, -0.05) is 38.0 Å². The number of ether oxygens (including phenoxy) is 1. The van der Waals surface area contributed by atoms with E-state index in [9.17, 15) is 4.79 Å². The summed E-state index contributed by atoms with van der Waals surface area (Å²) in [5.74, 6) is 1.04. The average Bonchev–Trinajstić information content (AvgIpc) is 2.54. The Morgan fingerprint density at radius 1 is 1.26 bits per heavy atom. The van der Waals surface area contributed by atoms with Crippen molar-refractivity contribution in [1.82, 2.24) is 16.2 Å². The second kappa shape index (κ2) is 8.72. The molecule has 0 aliphatic heterocycles.